The van der Waals surface area contributed by atoms with Gasteiger partial charge in [-0.1, -0.05) is 41.9 Å². The van der Waals surface area contributed by atoms with Gasteiger partial charge < -0.3 is 5.73 Å². The Bertz CT molecular complexity index is 1690. The highest BCUT2D eigenvalue weighted by atomic mass is 35.5. The summed E-state index contributed by atoms with van der Waals surface area (Å²) in [6, 6.07) is 11.9. The van der Waals surface area contributed by atoms with E-state index in [1.165, 1.54) is 50.0 Å². The van der Waals surface area contributed by atoms with Gasteiger partial charge in [0.25, 0.3) is 5.91 Å². The van der Waals surface area contributed by atoms with Crippen LogP contribution in [-0.2, 0) is 20.5 Å². The van der Waals surface area contributed by atoms with Gasteiger partial charge in [0.05, 0.1) is 4.34 Å². The minimum Gasteiger partial charge on any atom is -0.369 e. The molecule has 2 aromatic carbocycles. The van der Waals surface area contributed by atoms with Crippen molar-refractivity contribution < 1.29 is 22.2 Å². The Morgan fingerprint density at radius 1 is 1.08 bits per heavy atom. The molecule has 0 saturated heterocycles. The van der Waals surface area contributed by atoms with Crippen molar-refractivity contribution in [2.24, 2.45) is 10.7 Å². The fourth-order valence-corrected chi connectivity index (χ4v) is 6.58. The largest absolute Gasteiger partial charge is 0.369 e. The summed E-state index contributed by atoms with van der Waals surface area (Å²) < 4.78 is 48.8. The van der Waals surface area contributed by atoms with Gasteiger partial charge in [-0.05, 0) is 29.3 Å². The molecule has 1 aliphatic rings. The molecule has 0 aliphatic carbocycles. The summed E-state index contributed by atoms with van der Waals surface area (Å²) in [6.07, 6.45) is 4.17. The normalized spacial score (nSPS) is 17.8. The van der Waals surface area contributed by atoms with Crippen molar-refractivity contribution in [3.8, 4) is 22.3 Å². The van der Waals surface area contributed by atoms with E-state index in [1.54, 1.807) is 24.3 Å². The summed E-state index contributed by atoms with van der Waals surface area (Å²) in [5.41, 5.74) is 5.68. The standard InChI is InChI=1S/C24H17ClFN5O4S2/c1-31-22(32)24(30-23(31)27,14-6-7-19(26)16(8-14)13-10-28-12-29-11-13)18-5-3-2-4-15(18)17-9-20(25)36-21(17)37(33,34)35/h2-12H,1H3,(H2,27,30)(H,33,34,35). The van der Waals surface area contributed by atoms with Crippen LogP contribution >= 0.6 is 22.9 Å². The molecule has 4 aromatic rings. The lowest BCUT2D eigenvalue weighted by molar-refractivity contribution is -0.129. The fraction of sp³-hybridized carbons (Fsp3) is 0.0833. The van der Waals surface area contributed by atoms with Crippen molar-refractivity contribution in [3.05, 3.63) is 88.5 Å². The molecule has 13 heteroatoms. The molecule has 2 aromatic heterocycles. The van der Waals surface area contributed by atoms with E-state index in [0.717, 1.165) is 4.90 Å². The lowest BCUT2D eigenvalue weighted by Crippen LogP contribution is -2.41. The molecular weight excluding hydrogens is 541 g/mol. The summed E-state index contributed by atoms with van der Waals surface area (Å²) in [6.45, 7) is 0. The number of likely N-dealkylation sites (N-methyl/N-ethyl adjacent to an activating group) is 1. The summed E-state index contributed by atoms with van der Waals surface area (Å²) in [5.74, 6) is -1.21. The zero-order chi connectivity index (χ0) is 26.5. The SMILES string of the molecule is CN1C(=O)C(c2ccc(F)c(-c3cncnc3)c2)(c2ccccc2-c2cc(Cl)sc2S(=O)(=O)O)N=C1N. The Kier molecular flexibility index (Phi) is 6.07. The molecular formula is C24H17ClFN5O4S2. The number of thiophene rings is 1. The number of hydrogen-bond donors (Lipinski definition) is 2. The van der Waals surface area contributed by atoms with E-state index < -0.39 is 31.6 Å². The number of nitrogens with two attached hydrogens (primary N) is 1. The number of hydrogen-bond acceptors (Lipinski definition) is 8. The van der Waals surface area contributed by atoms with Gasteiger partial charge in [0.2, 0.25) is 0 Å². The second-order valence-corrected chi connectivity index (χ2v) is 11.4. The van der Waals surface area contributed by atoms with Crippen LogP contribution in [0, 0.1) is 5.82 Å². The number of halogens is 2. The van der Waals surface area contributed by atoms with Gasteiger partial charge in [0.1, 0.15) is 12.1 Å². The average Bonchev–Trinajstić information content (AvgIpc) is 3.39. The third-order valence-corrected chi connectivity index (χ3v) is 8.63. The number of carbonyl (C=O) groups excluding carboxylic acids is 1. The summed E-state index contributed by atoms with van der Waals surface area (Å²) in [4.78, 5) is 27.5. The highest BCUT2D eigenvalue weighted by Crippen LogP contribution is 2.47. The van der Waals surface area contributed by atoms with E-state index in [9.17, 15) is 22.2 Å². The number of amides is 1. The van der Waals surface area contributed by atoms with Gasteiger partial charge in [0, 0.05) is 41.7 Å². The predicted molar refractivity (Wildman–Crippen MR) is 137 cm³/mol. The second-order valence-electron chi connectivity index (χ2n) is 8.14. The Hall–Kier alpha value is -3.71. The average molecular weight is 558 g/mol. The summed E-state index contributed by atoms with van der Waals surface area (Å²) in [7, 11) is -3.20. The molecule has 5 rings (SSSR count). The zero-order valence-electron chi connectivity index (χ0n) is 19.0. The van der Waals surface area contributed by atoms with Gasteiger partial charge in [-0.25, -0.2) is 19.4 Å². The second kappa shape index (κ2) is 8.99. The van der Waals surface area contributed by atoms with Gasteiger partial charge in [-0.3, -0.25) is 14.2 Å². The number of benzene rings is 2. The molecule has 1 aliphatic heterocycles. The van der Waals surface area contributed by atoms with Crippen molar-refractivity contribution in [3.63, 3.8) is 0 Å². The molecule has 1 unspecified atom stereocenters. The van der Waals surface area contributed by atoms with E-state index in [4.69, 9.17) is 17.3 Å². The molecule has 37 heavy (non-hydrogen) atoms. The molecule has 188 valence electrons. The Morgan fingerprint density at radius 2 is 1.78 bits per heavy atom. The van der Waals surface area contributed by atoms with Gasteiger partial charge in [-0.15, -0.1) is 11.3 Å². The molecule has 1 amide bonds. The van der Waals surface area contributed by atoms with E-state index in [0.29, 0.717) is 16.9 Å². The summed E-state index contributed by atoms with van der Waals surface area (Å²) >= 11 is 6.81. The third kappa shape index (κ3) is 4.07. The van der Waals surface area contributed by atoms with E-state index in [-0.39, 0.29) is 38.1 Å². The van der Waals surface area contributed by atoms with Crippen molar-refractivity contribution >= 4 is 44.9 Å². The molecule has 0 radical (unpaired) electrons. The first-order valence-corrected chi connectivity index (χ1v) is 13.2. The van der Waals surface area contributed by atoms with Crippen molar-refractivity contribution in [2.75, 3.05) is 7.05 Å². The van der Waals surface area contributed by atoms with Crippen LogP contribution in [0.1, 0.15) is 11.1 Å². The van der Waals surface area contributed by atoms with Crippen LogP contribution in [0.2, 0.25) is 4.34 Å². The smallest absolute Gasteiger partial charge is 0.304 e. The zero-order valence-corrected chi connectivity index (χ0v) is 21.4. The van der Waals surface area contributed by atoms with Crippen molar-refractivity contribution in [1.29, 1.82) is 0 Å². The first kappa shape index (κ1) is 25.0. The Balaban J connectivity index is 1.84. The monoisotopic (exact) mass is 557 g/mol. The molecule has 3 N–H and O–H groups in total. The molecule has 0 saturated carbocycles. The van der Waals surface area contributed by atoms with Crippen LogP contribution in [0.5, 0.6) is 0 Å². The van der Waals surface area contributed by atoms with Gasteiger partial charge in [0.15, 0.2) is 15.7 Å². The lowest BCUT2D eigenvalue weighted by atomic mass is 9.78. The number of nitrogens with zero attached hydrogens (tertiary/aromatic N) is 4. The summed E-state index contributed by atoms with van der Waals surface area (Å²) in [5, 5.41) is 0. The number of rotatable bonds is 5. The highest BCUT2D eigenvalue weighted by Gasteiger charge is 2.51. The molecule has 1 atom stereocenters. The number of guanidine groups is 1. The first-order chi connectivity index (χ1) is 17.5. The van der Waals surface area contributed by atoms with E-state index >= 15 is 0 Å². The van der Waals surface area contributed by atoms with Crippen LogP contribution < -0.4 is 5.73 Å². The van der Waals surface area contributed by atoms with Gasteiger partial charge >= 0.3 is 10.1 Å². The molecule has 3 heterocycles. The van der Waals surface area contributed by atoms with E-state index in [2.05, 4.69) is 15.0 Å². The van der Waals surface area contributed by atoms with Crippen molar-refractivity contribution in [1.82, 2.24) is 14.9 Å². The van der Waals surface area contributed by atoms with E-state index in [1.807, 2.05) is 0 Å². The fourth-order valence-electron chi connectivity index (χ4n) is 4.33. The topological polar surface area (TPSA) is 139 Å². The molecule has 0 bridgehead atoms. The molecule has 0 spiro atoms. The molecule has 9 nitrogen and oxygen atoms in total. The van der Waals surface area contributed by atoms with Crippen LogP contribution in [0.25, 0.3) is 22.3 Å². The maximum absolute atomic E-state index is 14.9. The maximum atomic E-state index is 14.9. The lowest BCUT2D eigenvalue weighted by Gasteiger charge is -2.29. The van der Waals surface area contributed by atoms with Crippen LogP contribution in [0.15, 0.2) is 76.5 Å². The quantitative estimate of drug-likeness (QED) is 0.354. The van der Waals surface area contributed by atoms with Crippen LogP contribution in [-0.4, -0.2) is 46.8 Å². The number of carbonyl (C=O) groups is 1. The van der Waals surface area contributed by atoms with Crippen LogP contribution in [0.3, 0.4) is 0 Å². The highest BCUT2D eigenvalue weighted by molar-refractivity contribution is 7.88. The minimum atomic E-state index is -4.65. The number of aliphatic imine (C=N–C) groups is 1. The van der Waals surface area contributed by atoms with Crippen molar-refractivity contribution in [2.45, 2.75) is 9.75 Å². The number of aromatic nitrogens is 2. The third-order valence-electron chi connectivity index (χ3n) is 6.01. The Morgan fingerprint density at radius 3 is 2.43 bits per heavy atom. The molecule has 0 fully saturated rings. The maximum Gasteiger partial charge on any atom is 0.304 e. The van der Waals surface area contributed by atoms with Gasteiger partial charge in [-0.2, -0.15) is 8.42 Å². The minimum absolute atomic E-state index is 0.0856. The van der Waals surface area contributed by atoms with Crippen LogP contribution in [0.4, 0.5) is 4.39 Å². The predicted octanol–water partition coefficient (Wildman–Crippen LogP) is 3.94. The first-order valence-electron chi connectivity index (χ1n) is 10.6. The Labute approximate surface area is 219 Å².